The molecule has 0 N–H and O–H groups in total. The largest absolute Gasteiger partial charge is 0.342 e. The molecule has 1 fully saturated rings. The molecule has 1 aromatic carbocycles. The highest BCUT2D eigenvalue weighted by atomic mass is 35.5. The number of nitrogens with zero attached hydrogens (tertiary/aromatic N) is 3. The molecule has 1 unspecified atom stereocenters. The molecule has 31 heavy (non-hydrogen) atoms. The molecule has 2 aliphatic rings. The van der Waals surface area contributed by atoms with E-state index in [0.717, 1.165) is 67.5 Å². The van der Waals surface area contributed by atoms with E-state index in [2.05, 4.69) is 0 Å². The molecule has 1 aliphatic carbocycles. The second kappa shape index (κ2) is 8.60. The van der Waals surface area contributed by atoms with Crippen molar-refractivity contribution < 1.29 is 4.79 Å². The number of halogens is 1. The van der Waals surface area contributed by atoms with E-state index in [1.165, 1.54) is 22.2 Å². The number of carbonyl (C=O) groups excluding carboxylic acids is 1. The second-order valence-electron chi connectivity index (χ2n) is 8.19. The van der Waals surface area contributed by atoms with Crippen LogP contribution in [0.3, 0.4) is 0 Å². The highest BCUT2D eigenvalue weighted by molar-refractivity contribution is 8.00. The van der Waals surface area contributed by atoms with E-state index in [1.807, 2.05) is 24.0 Å². The lowest BCUT2D eigenvalue weighted by Gasteiger charge is -2.21. The van der Waals surface area contributed by atoms with Crippen molar-refractivity contribution in [2.45, 2.75) is 55.9 Å². The molecule has 8 heteroatoms. The zero-order chi connectivity index (χ0) is 21.5. The molecule has 0 spiro atoms. The average Bonchev–Trinajstić information content (AvgIpc) is 3.42. The monoisotopic (exact) mass is 473 g/mol. The van der Waals surface area contributed by atoms with E-state index in [4.69, 9.17) is 16.6 Å². The van der Waals surface area contributed by atoms with Gasteiger partial charge >= 0.3 is 0 Å². The summed E-state index contributed by atoms with van der Waals surface area (Å²) in [5, 5.41) is 1.62. The Morgan fingerprint density at radius 2 is 1.84 bits per heavy atom. The second-order valence-corrected chi connectivity index (χ2v) is 11.0. The number of thioether (sulfide) groups is 1. The van der Waals surface area contributed by atoms with Gasteiger partial charge in [-0.05, 0) is 75.3 Å². The van der Waals surface area contributed by atoms with Gasteiger partial charge in [0.05, 0.1) is 16.3 Å². The average molecular weight is 474 g/mol. The van der Waals surface area contributed by atoms with Crippen LogP contribution in [0, 0.1) is 0 Å². The molecule has 2 aromatic heterocycles. The Bertz CT molecular complexity index is 1200. The molecule has 1 amide bonds. The highest BCUT2D eigenvalue weighted by Crippen LogP contribution is 2.36. The molecular formula is C23H24ClN3O2S2. The lowest BCUT2D eigenvalue weighted by molar-refractivity contribution is -0.129. The SMILES string of the molecule is CC(Sc1nc2sc3c(c2c(=O)n1-c1ccc(Cl)cc1)CCCC3)C(=O)N1CCCC1. The van der Waals surface area contributed by atoms with Gasteiger partial charge in [0, 0.05) is 23.0 Å². The molecule has 3 heterocycles. The van der Waals surface area contributed by atoms with Gasteiger partial charge in [-0.1, -0.05) is 23.4 Å². The van der Waals surface area contributed by atoms with Gasteiger partial charge in [-0.2, -0.15) is 0 Å². The first-order valence-corrected chi connectivity index (χ1v) is 12.9. The standard InChI is InChI=1S/C23H24ClN3O2S2/c1-14(21(28)26-12-4-5-13-26)30-23-25-20-19(17-6-2-3-7-18(17)31-20)22(29)27(23)16-10-8-15(24)9-11-16/h8-11,14H,2-7,12-13H2,1H3. The van der Waals surface area contributed by atoms with E-state index in [-0.39, 0.29) is 16.7 Å². The van der Waals surface area contributed by atoms with Crippen molar-refractivity contribution in [1.82, 2.24) is 14.5 Å². The van der Waals surface area contributed by atoms with Gasteiger partial charge in [-0.3, -0.25) is 14.2 Å². The summed E-state index contributed by atoms with van der Waals surface area (Å²) in [6.45, 7) is 3.54. The molecule has 0 bridgehead atoms. The number of amides is 1. The zero-order valence-electron chi connectivity index (χ0n) is 17.4. The van der Waals surface area contributed by atoms with E-state index in [1.54, 1.807) is 28.0 Å². The van der Waals surface area contributed by atoms with Crippen molar-refractivity contribution in [3.63, 3.8) is 0 Å². The van der Waals surface area contributed by atoms with E-state index in [9.17, 15) is 9.59 Å². The van der Waals surface area contributed by atoms with Crippen LogP contribution in [0.25, 0.3) is 15.9 Å². The van der Waals surface area contributed by atoms with Crippen LogP contribution < -0.4 is 5.56 Å². The summed E-state index contributed by atoms with van der Waals surface area (Å²) in [6, 6.07) is 7.24. The summed E-state index contributed by atoms with van der Waals surface area (Å²) in [5.41, 5.74) is 1.85. The van der Waals surface area contributed by atoms with Crippen LogP contribution in [0.2, 0.25) is 5.02 Å². The van der Waals surface area contributed by atoms with Crippen LogP contribution in [-0.4, -0.2) is 38.7 Å². The van der Waals surface area contributed by atoms with E-state index >= 15 is 0 Å². The third-order valence-corrected chi connectivity index (χ3v) is 8.57. The molecule has 162 valence electrons. The number of fused-ring (bicyclic) bond motifs is 3. The minimum atomic E-state index is -0.310. The highest BCUT2D eigenvalue weighted by Gasteiger charge is 2.28. The first-order valence-electron chi connectivity index (χ1n) is 10.8. The van der Waals surface area contributed by atoms with Gasteiger partial charge in [-0.15, -0.1) is 11.3 Å². The van der Waals surface area contributed by atoms with Crippen LogP contribution >= 0.6 is 34.7 Å². The number of likely N-dealkylation sites (tertiary alicyclic amines) is 1. The van der Waals surface area contributed by atoms with Gasteiger partial charge in [0.15, 0.2) is 5.16 Å². The molecule has 0 saturated carbocycles. The zero-order valence-corrected chi connectivity index (χ0v) is 19.8. The fourth-order valence-electron chi connectivity index (χ4n) is 4.49. The molecule has 1 atom stereocenters. The fraction of sp³-hybridized carbons (Fsp3) is 0.435. The maximum Gasteiger partial charge on any atom is 0.267 e. The Balaban J connectivity index is 1.63. The molecule has 1 saturated heterocycles. The fourth-order valence-corrected chi connectivity index (χ4v) is 6.93. The van der Waals surface area contributed by atoms with Crippen LogP contribution in [-0.2, 0) is 17.6 Å². The number of carbonyl (C=O) groups is 1. The first kappa shape index (κ1) is 21.0. The molecule has 5 nitrogen and oxygen atoms in total. The van der Waals surface area contributed by atoms with E-state index < -0.39 is 0 Å². The van der Waals surface area contributed by atoms with Gasteiger partial charge in [0.2, 0.25) is 5.91 Å². The minimum absolute atomic E-state index is 0.0463. The van der Waals surface area contributed by atoms with Crippen molar-refractivity contribution >= 4 is 50.8 Å². The number of hydrogen-bond donors (Lipinski definition) is 0. The molecule has 1 aliphatic heterocycles. The number of benzene rings is 1. The van der Waals surface area contributed by atoms with E-state index in [0.29, 0.717) is 10.2 Å². The van der Waals surface area contributed by atoms with Crippen molar-refractivity contribution in [2.75, 3.05) is 13.1 Å². The van der Waals surface area contributed by atoms with Crippen LogP contribution in [0.15, 0.2) is 34.2 Å². The summed E-state index contributed by atoms with van der Waals surface area (Å²) in [4.78, 5) is 35.6. The summed E-state index contributed by atoms with van der Waals surface area (Å²) in [7, 11) is 0. The van der Waals surface area contributed by atoms with Gasteiger partial charge in [-0.25, -0.2) is 4.98 Å². The predicted molar refractivity (Wildman–Crippen MR) is 128 cm³/mol. The normalized spacial score (nSPS) is 17.2. The van der Waals surface area contributed by atoms with Crippen LogP contribution in [0.5, 0.6) is 0 Å². The summed E-state index contributed by atoms with van der Waals surface area (Å²) < 4.78 is 1.67. The summed E-state index contributed by atoms with van der Waals surface area (Å²) in [6.07, 6.45) is 6.34. The molecule has 5 rings (SSSR count). The Hall–Kier alpha value is -1.83. The molecular weight excluding hydrogens is 450 g/mol. The summed E-state index contributed by atoms with van der Waals surface area (Å²) >= 11 is 9.11. The topological polar surface area (TPSA) is 55.2 Å². The van der Waals surface area contributed by atoms with Gasteiger partial charge < -0.3 is 4.90 Å². The Morgan fingerprint density at radius 1 is 1.13 bits per heavy atom. The predicted octanol–water partition coefficient (Wildman–Crippen LogP) is 5.08. The minimum Gasteiger partial charge on any atom is -0.342 e. The van der Waals surface area contributed by atoms with Gasteiger partial charge in [0.1, 0.15) is 4.83 Å². The smallest absolute Gasteiger partial charge is 0.267 e. The maximum absolute atomic E-state index is 13.8. The molecule has 3 aromatic rings. The number of rotatable bonds is 4. The van der Waals surface area contributed by atoms with Crippen molar-refractivity contribution in [1.29, 1.82) is 0 Å². The molecule has 0 radical (unpaired) electrons. The van der Waals surface area contributed by atoms with Crippen LogP contribution in [0.1, 0.15) is 43.0 Å². The van der Waals surface area contributed by atoms with Crippen molar-refractivity contribution in [3.8, 4) is 5.69 Å². The first-order chi connectivity index (χ1) is 15.0. The van der Waals surface area contributed by atoms with Crippen molar-refractivity contribution in [2.24, 2.45) is 0 Å². The lowest BCUT2D eigenvalue weighted by atomic mass is 9.97. The third-order valence-electron chi connectivity index (χ3n) is 6.09. The quantitative estimate of drug-likeness (QED) is 0.391. The number of hydrogen-bond acceptors (Lipinski definition) is 5. The number of aromatic nitrogens is 2. The number of thiophene rings is 1. The number of aryl methyl sites for hydroxylation is 2. The Morgan fingerprint density at radius 3 is 2.58 bits per heavy atom. The van der Waals surface area contributed by atoms with Crippen LogP contribution in [0.4, 0.5) is 0 Å². The van der Waals surface area contributed by atoms with Gasteiger partial charge in [0.25, 0.3) is 5.56 Å². The third kappa shape index (κ3) is 3.92. The Kier molecular flexibility index (Phi) is 5.84. The maximum atomic E-state index is 13.8. The van der Waals surface area contributed by atoms with Crippen molar-refractivity contribution in [3.05, 3.63) is 50.1 Å². The summed E-state index contributed by atoms with van der Waals surface area (Å²) in [5.74, 6) is 0.116. The Labute approximate surface area is 194 Å². The lowest BCUT2D eigenvalue weighted by Crippen LogP contribution is -2.34.